The molecule has 0 atom stereocenters. The zero-order valence-corrected chi connectivity index (χ0v) is 27.8. The molecule has 1 aliphatic heterocycles. The van der Waals surface area contributed by atoms with Gasteiger partial charge in [0.1, 0.15) is 12.1 Å². The number of hydrogen-bond donors (Lipinski definition) is 0. The van der Waals surface area contributed by atoms with Crippen LogP contribution < -0.4 is 4.90 Å². The minimum atomic E-state index is -0.0973. The molecule has 8 aromatic rings. The zero-order valence-electron chi connectivity index (χ0n) is 27.0. The molecule has 0 saturated heterocycles. The first-order valence-electron chi connectivity index (χ1n) is 16.6. The van der Waals surface area contributed by atoms with E-state index >= 15 is 0 Å². The molecule has 51 heavy (non-hydrogen) atoms. The van der Waals surface area contributed by atoms with Crippen molar-refractivity contribution in [3.05, 3.63) is 168 Å². The number of rotatable bonds is 3. The zero-order chi connectivity index (χ0) is 34.2. The van der Waals surface area contributed by atoms with Crippen molar-refractivity contribution in [1.29, 1.82) is 10.5 Å². The van der Waals surface area contributed by atoms with E-state index in [0.29, 0.717) is 22.3 Å². The summed E-state index contributed by atoms with van der Waals surface area (Å²) >= 11 is 1.76. The maximum atomic E-state index is 14.8. The predicted octanol–water partition coefficient (Wildman–Crippen LogP) is 11.3. The summed E-state index contributed by atoms with van der Waals surface area (Å²) in [5, 5.41) is 22.0. The van der Waals surface area contributed by atoms with Gasteiger partial charge in [0.25, 0.3) is 0 Å². The topological polar surface area (TPSA) is 72.8 Å². The van der Waals surface area contributed by atoms with Crippen LogP contribution in [0.1, 0.15) is 27.0 Å². The Labute approximate surface area is 297 Å². The van der Waals surface area contributed by atoms with E-state index in [1.165, 1.54) is 4.90 Å². The molecule has 10 rings (SSSR count). The lowest BCUT2D eigenvalue weighted by molar-refractivity contribution is 0.104. The number of anilines is 3. The van der Waals surface area contributed by atoms with Crippen molar-refractivity contribution in [2.45, 2.75) is 9.79 Å². The summed E-state index contributed by atoms with van der Waals surface area (Å²) in [6.07, 6.45) is 0. The first-order valence-corrected chi connectivity index (χ1v) is 17.4. The molecule has 0 amide bonds. The number of benzene rings is 7. The lowest BCUT2D eigenvalue weighted by atomic mass is 9.91. The van der Waals surface area contributed by atoms with Crippen LogP contribution in [-0.2, 0) is 0 Å². The largest absolute Gasteiger partial charge is 0.308 e. The highest BCUT2D eigenvalue weighted by Gasteiger charge is 2.34. The average Bonchev–Trinajstić information content (AvgIpc) is 3.67. The molecule has 236 valence electrons. The number of para-hydroxylation sites is 3. The van der Waals surface area contributed by atoms with Crippen LogP contribution in [-0.4, -0.2) is 10.4 Å². The lowest BCUT2D eigenvalue weighted by Gasteiger charge is -2.33. The summed E-state index contributed by atoms with van der Waals surface area (Å²) in [5.41, 5.74) is 10.8. The number of carbonyl (C=O) groups excluding carboxylic acids is 1. The highest BCUT2D eigenvalue weighted by atomic mass is 32.2. The molecule has 1 aliphatic carbocycles. The normalized spacial score (nSPS) is 12.6. The second-order valence-electron chi connectivity index (χ2n) is 12.6. The molecule has 2 aliphatic rings. The smallest absolute Gasteiger partial charge is 0.197 e. The van der Waals surface area contributed by atoms with E-state index < -0.39 is 0 Å². The molecule has 0 fully saturated rings. The first-order chi connectivity index (χ1) is 25.2. The van der Waals surface area contributed by atoms with Crippen LogP contribution in [0, 0.1) is 22.7 Å². The number of nitriles is 2. The van der Waals surface area contributed by atoms with Crippen LogP contribution in [0.25, 0.3) is 49.7 Å². The highest BCUT2D eigenvalue weighted by molar-refractivity contribution is 7.99. The van der Waals surface area contributed by atoms with Gasteiger partial charge >= 0.3 is 0 Å². The number of aromatic nitrogens is 1. The monoisotopic (exact) mass is 668 g/mol. The fourth-order valence-electron chi connectivity index (χ4n) is 7.88. The van der Waals surface area contributed by atoms with Gasteiger partial charge in [0.2, 0.25) is 0 Å². The van der Waals surface area contributed by atoms with Gasteiger partial charge in [0, 0.05) is 37.4 Å². The summed E-state index contributed by atoms with van der Waals surface area (Å²) in [6.45, 7) is 0. The third-order valence-corrected chi connectivity index (χ3v) is 11.1. The molecular weight excluding hydrogens is 645 g/mol. The van der Waals surface area contributed by atoms with Gasteiger partial charge in [-0.25, -0.2) is 0 Å². The van der Waals surface area contributed by atoms with Gasteiger partial charge in [-0.3, -0.25) is 4.79 Å². The molecule has 6 heteroatoms. The van der Waals surface area contributed by atoms with E-state index in [1.807, 2.05) is 54.6 Å². The van der Waals surface area contributed by atoms with E-state index in [0.717, 1.165) is 60.6 Å². The maximum absolute atomic E-state index is 14.8. The number of carbonyl (C=O) groups is 1. The van der Waals surface area contributed by atoms with Crippen LogP contribution in [0.5, 0.6) is 0 Å². The van der Waals surface area contributed by atoms with E-state index in [-0.39, 0.29) is 16.9 Å². The molecule has 0 N–H and O–H groups in total. The Morgan fingerprint density at radius 2 is 1.18 bits per heavy atom. The Bertz CT molecular complexity index is 2890. The Morgan fingerprint density at radius 1 is 0.510 bits per heavy atom. The Kier molecular flexibility index (Phi) is 6.32. The van der Waals surface area contributed by atoms with E-state index in [4.69, 9.17) is 0 Å². The summed E-state index contributed by atoms with van der Waals surface area (Å²) in [7, 11) is 0. The molecule has 2 heterocycles. The van der Waals surface area contributed by atoms with Crippen molar-refractivity contribution in [3.8, 4) is 40.1 Å². The summed E-state index contributed by atoms with van der Waals surface area (Å²) < 4.78 is 2.23. The second-order valence-corrected chi connectivity index (χ2v) is 13.7. The molecule has 1 aromatic heterocycles. The van der Waals surface area contributed by atoms with Crippen LogP contribution in [0.15, 0.2) is 155 Å². The quantitative estimate of drug-likeness (QED) is 0.187. The van der Waals surface area contributed by atoms with Crippen LogP contribution in [0.3, 0.4) is 0 Å². The summed E-state index contributed by atoms with van der Waals surface area (Å²) in [6, 6.07) is 53.3. The van der Waals surface area contributed by atoms with Gasteiger partial charge in [0.05, 0.1) is 44.8 Å². The molecule has 0 unspecified atom stereocenters. The fraction of sp³-hybridized carbons (Fsp3) is 0. The molecule has 0 spiro atoms. The van der Waals surface area contributed by atoms with Gasteiger partial charge < -0.3 is 9.47 Å². The third-order valence-electron chi connectivity index (χ3n) is 10.0. The van der Waals surface area contributed by atoms with Crippen molar-refractivity contribution in [3.63, 3.8) is 0 Å². The van der Waals surface area contributed by atoms with Crippen molar-refractivity contribution in [2.75, 3.05) is 4.90 Å². The SMILES string of the molecule is N#Cc1cccc(-c2cccc3c2C(=O)c2c-3cccc2-n2c3ccccc3c3cc4c(cc32)Sc2ccccc2N4c2ccccc2)c1C#N. The molecule has 7 aromatic carbocycles. The standard InChI is InChI=1S/C45H24N4OS/c46-25-27-11-8-15-29(35(27)26-47)31-16-9-17-32-33-18-10-21-38(44(33)45(50)43(31)32)49-36-19-5-4-14-30(36)34-23-40-42(24-39(34)49)51-41-22-7-6-20-37(41)48(40)28-12-2-1-3-13-28/h1-24H. The minimum Gasteiger partial charge on any atom is -0.308 e. The van der Waals surface area contributed by atoms with Crippen LogP contribution in [0.4, 0.5) is 17.1 Å². The Morgan fingerprint density at radius 3 is 2.00 bits per heavy atom. The van der Waals surface area contributed by atoms with Crippen LogP contribution in [0.2, 0.25) is 0 Å². The number of ketones is 1. The fourth-order valence-corrected chi connectivity index (χ4v) is 8.96. The van der Waals surface area contributed by atoms with Crippen molar-refractivity contribution in [1.82, 2.24) is 4.57 Å². The van der Waals surface area contributed by atoms with Crippen molar-refractivity contribution in [2.24, 2.45) is 0 Å². The highest BCUT2D eigenvalue weighted by Crippen LogP contribution is 2.54. The van der Waals surface area contributed by atoms with E-state index in [1.54, 1.807) is 23.9 Å². The predicted molar refractivity (Wildman–Crippen MR) is 203 cm³/mol. The van der Waals surface area contributed by atoms with Gasteiger partial charge in [-0.15, -0.1) is 0 Å². The van der Waals surface area contributed by atoms with Crippen molar-refractivity contribution >= 4 is 56.4 Å². The molecule has 0 radical (unpaired) electrons. The molecular formula is C45H24N4OS. The molecule has 5 nitrogen and oxygen atoms in total. The number of nitrogens with zero attached hydrogens (tertiary/aromatic N) is 4. The second kappa shape index (κ2) is 11.1. The lowest BCUT2D eigenvalue weighted by Crippen LogP contribution is -2.14. The van der Waals surface area contributed by atoms with E-state index in [2.05, 4.69) is 100 Å². The van der Waals surface area contributed by atoms with Gasteiger partial charge in [-0.05, 0) is 71.3 Å². The number of fused-ring (bicyclic) bond motifs is 8. The van der Waals surface area contributed by atoms with E-state index in [9.17, 15) is 15.3 Å². The average molecular weight is 669 g/mol. The van der Waals surface area contributed by atoms with Crippen molar-refractivity contribution < 1.29 is 4.79 Å². The van der Waals surface area contributed by atoms with Gasteiger partial charge in [-0.2, -0.15) is 10.5 Å². The van der Waals surface area contributed by atoms with Gasteiger partial charge in [-0.1, -0.05) is 103 Å². The third kappa shape index (κ3) is 4.12. The van der Waals surface area contributed by atoms with Crippen LogP contribution >= 0.6 is 11.8 Å². The Hall–Kier alpha value is -6.86. The Balaban J connectivity index is 1.22. The summed E-state index contributed by atoms with van der Waals surface area (Å²) in [4.78, 5) is 19.5. The maximum Gasteiger partial charge on any atom is 0.197 e. The summed E-state index contributed by atoms with van der Waals surface area (Å²) in [5.74, 6) is -0.0973. The molecule has 0 bridgehead atoms. The minimum absolute atomic E-state index is 0.0973. The first kappa shape index (κ1) is 29.1. The van der Waals surface area contributed by atoms with Gasteiger partial charge in [0.15, 0.2) is 5.78 Å². The number of hydrogen-bond acceptors (Lipinski definition) is 5. The molecule has 0 saturated carbocycles.